The Labute approximate surface area is 55.8 Å². The van der Waals surface area contributed by atoms with E-state index in [1.165, 1.54) is 6.42 Å². The minimum Gasteiger partial charge on any atom is -0.511 e. The van der Waals surface area contributed by atoms with E-state index in [1.807, 2.05) is 7.05 Å². The summed E-state index contributed by atoms with van der Waals surface area (Å²) in [4.78, 5) is 2.13. The SMILES string of the molecule is C=C(O)C1CCCN1C. The maximum atomic E-state index is 8.99. The summed E-state index contributed by atoms with van der Waals surface area (Å²) in [5, 5.41) is 8.99. The van der Waals surface area contributed by atoms with Gasteiger partial charge in [-0.05, 0) is 26.4 Å². The molecule has 1 atom stereocenters. The fourth-order valence-electron chi connectivity index (χ4n) is 1.33. The maximum Gasteiger partial charge on any atom is 0.102 e. The zero-order chi connectivity index (χ0) is 6.85. The summed E-state index contributed by atoms with van der Waals surface area (Å²) in [7, 11) is 2.01. The van der Waals surface area contributed by atoms with Crippen molar-refractivity contribution in [3.05, 3.63) is 12.3 Å². The Morgan fingerprint density at radius 3 is 2.67 bits per heavy atom. The number of likely N-dealkylation sites (tertiary alicyclic amines) is 1. The molecule has 52 valence electrons. The van der Waals surface area contributed by atoms with Gasteiger partial charge >= 0.3 is 0 Å². The van der Waals surface area contributed by atoms with Crippen LogP contribution >= 0.6 is 0 Å². The topological polar surface area (TPSA) is 23.5 Å². The van der Waals surface area contributed by atoms with Crippen LogP contribution in [-0.4, -0.2) is 29.6 Å². The largest absolute Gasteiger partial charge is 0.511 e. The Bertz CT molecular complexity index is 122. The molecule has 0 aromatic heterocycles. The summed E-state index contributed by atoms with van der Waals surface area (Å²) < 4.78 is 0. The molecule has 1 aliphatic rings. The fraction of sp³-hybridized carbons (Fsp3) is 0.714. The predicted octanol–water partition coefficient (Wildman–Crippen LogP) is 1.15. The molecule has 2 nitrogen and oxygen atoms in total. The molecule has 2 heteroatoms. The van der Waals surface area contributed by atoms with E-state index in [4.69, 9.17) is 5.11 Å². The summed E-state index contributed by atoms with van der Waals surface area (Å²) in [6.07, 6.45) is 2.24. The Morgan fingerprint density at radius 1 is 1.78 bits per heavy atom. The van der Waals surface area contributed by atoms with Crippen molar-refractivity contribution in [3.63, 3.8) is 0 Å². The highest BCUT2D eigenvalue weighted by Gasteiger charge is 2.22. The van der Waals surface area contributed by atoms with Gasteiger partial charge in [-0.25, -0.2) is 0 Å². The zero-order valence-electron chi connectivity index (χ0n) is 5.80. The van der Waals surface area contributed by atoms with Crippen LogP contribution in [0.4, 0.5) is 0 Å². The van der Waals surface area contributed by atoms with E-state index < -0.39 is 0 Å². The van der Waals surface area contributed by atoms with Crippen LogP contribution < -0.4 is 0 Å². The third kappa shape index (κ3) is 1.24. The van der Waals surface area contributed by atoms with Gasteiger partial charge in [-0.15, -0.1) is 0 Å². The van der Waals surface area contributed by atoms with Crippen molar-refractivity contribution in [2.24, 2.45) is 0 Å². The highest BCUT2D eigenvalue weighted by molar-refractivity contribution is 4.98. The number of nitrogens with zero attached hydrogens (tertiary/aromatic N) is 1. The van der Waals surface area contributed by atoms with E-state index in [0.717, 1.165) is 13.0 Å². The molecular formula is C7H13NO. The second-order valence-electron chi connectivity index (χ2n) is 2.63. The molecule has 0 aromatic rings. The van der Waals surface area contributed by atoms with Crippen molar-refractivity contribution in [1.29, 1.82) is 0 Å². The minimum atomic E-state index is 0.227. The molecule has 0 aliphatic carbocycles. The van der Waals surface area contributed by atoms with Crippen molar-refractivity contribution in [2.45, 2.75) is 18.9 Å². The fourth-order valence-corrected chi connectivity index (χ4v) is 1.33. The van der Waals surface area contributed by atoms with Crippen molar-refractivity contribution in [1.82, 2.24) is 4.90 Å². The minimum absolute atomic E-state index is 0.227. The predicted molar refractivity (Wildman–Crippen MR) is 37.4 cm³/mol. The van der Waals surface area contributed by atoms with Gasteiger partial charge in [0.25, 0.3) is 0 Å². The number of likely N-dealkylation sites (N-methyl/N-ethyl adjacent to an activating group) is 1. The van der Waals surface area contributed by atoms with Crippen LogP contribution in [0.2, 0.25) is 0 Å². The summed E-state index contributed by atoms with van der Waals surface area (Å²) in [5.41, 5.74) is 0. The maximum absolute atomic E-state index is 8.99. The zero-order valence-corrected chi connectivity index (χ0v) is 5.80. The molecule has 1 saturated heterocycles. The van der Waals surface area contributed by atoms with E-state index in [-0.39, 0.29) is 6.04 Å². The molecule has 0 bridgehead atoms. The Morgan fingerprint density at radius 2 is 2.44 bits per heavy atom. The standard InChI is InChI=1S/C7H13NO/c1-6(9)7-4-3-5-8(7)2/h7,9H,1,3-5H2,2H3. The normalized spacial score (nSPS) is 28.8. The lowest BCUT2D eigenvalue weighted by Gasteiger charge is -2.16. The monoisotopic (exact) mass is 127 g/mol. The first kappa shape index (κ1) is 6.62. The van der Waals surface area contributed by atoms with Crippen LogP contribution in [0.5, 0.6) is 0 Å². The van der Waals surface area contributed by atoms with Crippen molar-refractivity contribution in [2.75, 3.05) is 13.6 Å². The first-order valence-electron chi connectivity index (χ1n) is 3.30. The molecule has 0 aromatic carbocycles. The van der Waals surface area contributed by atoms with Gasteiger partial charge < -0.3 is 5.11 Å². The molecule has 1 heterocycles. The summed E-state index contributed by atoms with van der Waals surface area (Å²) in [6.45, 7) is 4.59. The van der Waals surface area contributed by atoms with E-state index in [2.05, 4.69) is 11.5 Å². The highest BCUT2D eigenvalue weighted by Crippen LogP contribution is 2.18. The number of aliphatic hydroxyl groups excluding tert-OH is 1. The number of rotatable bonds is 1. The van der Waals surface area contributed by atoms with Gasteiger partial charge in [-0.2, -0.15) is 0 Å². The molecule has 9 heavy (non-hydrogen) atoms. The third-order valence-electron chi connectivity index (χ3n) is 1.91. The number of aliphatic hydroxyl groups is 1. The van der Waals surface area contributed by atoms with Gasteiger partial charge in [-0.3, -0.25) is 4.90 Å². The molecule has 0 amide bonds. The van der Waals surface area contributed by atoms with E-state index in [9.17, 15) is 0 Å². The lowest BCUT2D eigenvalue weighted by molar-refractivity contribution is 0.257. The van der Waals surface area contributed by atoms with Crippen molar-refractivity contribution < 1.29 is 5.11 Å². The smallest absolute Gasteiger partial charge is 0.102 e. The lowest BCUT2D eigenvalue weighted by Crippen LogP contribution is -2.26. The van der Waals surface area contributed by atoms with Gasteiger partial charge in [0, 0.05) is 0 Å². The lowest BCUT2D eigenvalue weighted by atomic mass is 10.2. The van der Waals surface area contributed by atoms with Crippen LogP contribution in [0.15, 0.2) is 12.3 Å². The van der Waals surface area contributed by atoms with Gasteiger partial charge in [-0.1, -0.05) is 6.58 Å². The third-order valence-corrected chi connectivity index (χ3v) is 1.91. The summed E-state index contributed by atoms with van der Waals surface area (Å²) >= 11 is 0. The molecule has 1 unspecified atom stereocenters. The molecule has 1 rings (SSSR count). The van der Waals surface area contributed by atoms with Gasteiger partial charge in [0.05, 0.1) is 6.04 Å². The second-order valence-corrected chi connectivity index (χ2v) is 2.63. The van der Waals surface area contributed by atoms with Crippen LogP contribution in [0.1, 0.15) is 12.8 Å². The van der Waals surface area contributed by atoms with E-state index in [0.29, 0.717) is 5.76 Å². The average Bonchev–Trinajstić information content (AvgIpc) is 2.13. The molecule has 1 N–H and O–H groups in total. The highest BCUT2D eigenvalue weighted by atomic mass is 16.3. The van der Waals surface area contributed by atoms with Crippen LogP contribution in [0, 0.1) is 0 Å². The van der Waals surface area contributed by atoms with Gasteiger partial charge in [0.1, 0.15) is 5.76 Å². The molecule has 0 radical (unpaired) electrons. The quantitative estimate of drug-likeness (QED) is 0.534. The molecule has 0 saturated carbocycles. The Hall–Kier alpha value is -0.500. The van der Waals surface area contributed by atoms with Gasteiger partial charge in [0.2, 0.25) is 0 Å². The van der Waals surface area contributed by atoms with Gasteiger partial charge in [0.15, 0.2) is 0 Å². The first-order valence-corrected chi connectivity index (χ1v) is 3.30. The van der Waals surface area contributed by atoms with Crippen LogP contribution in [0.25, 0.3) is 0 Å². The number of hydrogen-bond acceptors (Lipinski definition) is 2. The van der Waals surface area contributed by atoms with Crippen LogP contribution in [-0.2, 0) is 0 Å². The Balaban J connectivity index is 2.49. The summed E-state index contributed by atoms with van der Waals surface area (Å²) in [6, 6.07) is 0.227. The molecule has 1 fully saturated rings. The number of hydrogen-bond donors (Lipinski definition) is 1. The molecule has 1 aliphatic heterocycles. The Kier molecular flexibility index (Phi) is 1.76. The summed E-state index contributed by atoms with van der Waals surface area (Å²) in [5.74, 6) is 0.315. The van der Waals surface area contributed by atoms with Crippen LogP contribution in [0.3, 0.4) is 0 Å². The van der Waals surface area contributed by atoms with E-state index >= 15 is 0 Å². The molecular weight excluding hydrogens is 114 g/mol. The molecule has 0 spiro atoms. The van der Waals surface area contributed by atoms with Crippen molar-refractivity contribution in [3.8, 4) is 0 Å². The van der Waals surface area contributed by atoms with E-state index in [1.54, 1.807) is 0 Å². The first-order chi connectivity index (χ1) is 4.22. The average molecular weight is 127 g/mol. The van der Waals surface area contributed by atoms with Crippen molar-refractivity contribution >= 4 is 0 Å². The second kappa shape index (κ2) is 2.40.